The molecule has 0 rings (SSSR count). The van der Waals surface area contributed by atoms with E-state index in [-0.39, 0.29) is 0 Å². The number of hydrogen-bond donors (Lipinski definition) is 1. The van der Waals surface area contributed by atoms with E-state index in [4.69, 9.17) is 19.8 Å². The van der Waals surface area contributed by atoms with Crippen molar-refractivity contribution < 1.29 is 9.90 Å². The summed E-state index contributed by atoms with van der Waals surface area (Å²) >= 11 is 0. The average Bonchev–Trinajstić information content (AvgIpc) is 1.41. The molecule has 0 spiro atoms. The van der Waals surface area contributed by atoms with Gasteiger partial charge in [-0.1, -0.05) is 0 Å². The van der Waals surface area contributed by atoms with E-state index in [1.54, 1.807) is 0 Å². The van der Waals surface area contributed by atoms with Gasteiger partial charge in [-0.25, -0.2) is 0 Å². The first-order valence-electron chi connectivity index (χ1n) is 1.09. The van der Waals surface area contributed by atoms with Crippen LogP contribution in [0.1, 0.15) is 6.92 Å². The molecule has 0 aromatic heterocycles. The zero-order valence-corrected chi connectivity index (χ0v) is 3.17. The molecule has 0 saturated heterocycles. The first kappa shape index (κ1) is 8.91. The molecule has 1 N–H and O–H groups in total. The second-order valence-corrected chi connectivity index (χ2v) is 0.519. The van der Waals surface area contributed by atoms with Gasteiger partial charge in [0.25, 0.3) is 5.97 Å². The van der Waals surface area contributed by atoms with Gasteiger partial charge in [0.15, 0.2) is 0 Å². The molecule has 0 bridgehead atoms. The second-order valence-electron chi connectivity index (χ2n) is 0.519. The van der Waals surface area contributed by atoms with Crippen molar-refractivity contribution in [3.63, 3.8) is 0 Å². The standard InChI is InChI=1S/C2H4O2.O2/c1-2(3)4;1-2/h1H3,(H,3,4);. The van der Waals surface area contributed by atoms with Crippen molar-refractivity contribution in [1.29, 1.82) is 0 Å². The van der Waals surface area contributed by atoms with E-state index in [1.807, 2.05) is 0 Å². The van der Waals surface area contributed by atoms with Gasteiger partial charge < -0.3 is 5.11 Å². The van der Waals surface area contributed by atoms with Crippen LogP contribution in [0.25, 0.3) is 0 Å². The summed E-state index contributed by atoms with van der Waals surface area (Å²) in [4.78, 5) is 23.0. The molecule has 0 aromatic carbocycles. The monoisotopic (exact) mass is 92.0 g/mol. The van der Waals surface area contributed by atoms with Crippen molar-refractivity contribution >= 4 is 5.97 Å². The first-order chi connectivity index (χ1) is 2.73. The van der Waals surface area contributed by atoms with Gasteiger partial charge in [-0.05, 0) is 0 Å². The Kier molecular flexibility index (Phi) is 13.3. The van der Waals surface area contributed by atoms with Crippen LogP contribution < -0.4 is 0 Å². The predicted molar refractivity (Wildman–Crippen MR) is 20.0 cm³/mol. The van der Waals surface area contributed by atoms with Crippen LogP contribution in [-0.2, 0) is 4.79 Å². The summed E-state index contributed by atoms with van der Waals surface area (Å²) in [5.41, 5.74) is 0. The van der Waals surface area contributed by atoms with Gasteiger partial charge in [0.1, 0.15) is 0 Å². The Hall–Kier alpha value is -0.930. The van der Waals surface area contributed by atoms with Crippen LogP contribution in [0.2, 0.25) is 0 Å². The van der Waals surface area contributed by atoms with Gasteiger partial charge in [0.2, 0.25) is 0 Å². The molecule has 0 radical (unpaired) electrons. The summed E-state index contributed by atoms with van der Waals surface area (Å²) in [5.74, 6) is -0.833. The van der Waals surface area contributed by atoms with Crippen molar-refractivity contribution in [2.24, 2.45) is 0 Å². The molecule has 0 heterocycles. The zero-order chi connectivity index (χ0) is 5.58. The highest BCUT2D eigenvalue weighted by atomic mass is 16.7. The molecule has 0 amide bonds. The zero-order valence-electron chi connectivity index (χ0n) is 3.17. The number of aliphatic carboxylic acids is 1. The third kappa shape index (κ3) is 15.2. The molecule has 0 aliphatic rings. The molecule has 0 fully saturated rings. The van der Waals surface area contributed by atoms with E-state index >= 15 is 0 Å². The Morgan fingerprint density at radius 2 is 1.50 bits per heavy atom. The van der Waals surface area contributed by atoms with Crippen LogP contribution in [-0.4, -0.2) is 11.1 Å². The van der Waals surface area contributed by atoms with Gasteiger partial charge in [0.05, 0.1) is 0 Å². The van der Waals surface area contributed by atoms with E-state index < -0.39 is 5.97 Å². The maximum absolute atomic E-state index is 9.00. The highest BCUT2D eigenvalue weighted by Gasteiger charge is 1.65. The molecular weight excluding hydrogens is 88.0 g/mol. The predicted octanol–water partition coefficient (Wildman–Crippen LogP) is 0.158. The van der Waals surface area contributed by atoms with Crippen LogP contribution in [0, 0.1) is 9.93 Å². The maximum atomic E-state index is 9.00. The fraction of sp³-hybridized carbons (Fsp3) is 0.500. The van der Waals surface area contributed by atoms with Gasteiger partial charge in [-0.15, -0.1) is 0 Å². The Morgan fingerprint density at radius 1 is 1.50 bits per heavy atom. The number of carbonyl (C=O) groups is 1. The minimum atomic E-state index is -0.833. The van der Waals surface area contributed by atoms with E-state index in [9.17, 15) is 0 Å². The quantitative estimate of drug-likeness (QED) is 0.462. The topological polar surface area (TPSA) is 71.4 Å². The average molecular weight is 92.0 g/mol. The van der Waals surface area contributed by atoms with Crippen molar-refractivity contribution in [1.82, 2.24) is 0 Å². The van der Waals surface area contributed by atoms with Gasteiger partial charge in [0, 0.05) is 16.9 Å². The van der Waals surface area contributed by atoms with Crippen LogP contribution in [0.4, 0.5) is 0 Å². The lowest BCUT2D eigenvalue weighted by Gasteiger charge is -1.59. The summed E-state index contributed by atoms with van der Waals surface area (Å²) in [6, 6.07) is 0. The van der Waals surface area contributed by atoms with E-state index in [2.05, 4.69) is 0 Å². The van der Waals surface area contributed by atoms with Crippen LogP contribution in [0.3, 0.4) is 0 Å². The number of carboxylic acid groups (broad SMARTS) is 1. The molecular formula is C2H4O4. The highest BCUT2D eigenvalue weighted by Crippen LogP contribution is 1.42. The van der Waals surface area contributed by atoms with Gasteiger partial charge in [-0.3, -0.25) is 4.79 Å². The highest BCUT2D eigenvalue weighted by molar-refractivity contribution is 5.62. The van der Waals surface area contributed by atoms with Crippen LogP contribution in [0.5, 0.6) is 0 Å². The molecule has 6 heavy (non-hydrogen) atoms. The van der Waals surface area contributed by atoms with Gasteiger partial charge in [-0.2, -0.15) is 0 Å². The van der Waals surface area contributed by atoms with Crippen molar-refractivity contribution in [3.8, 4) is 0 Å². The number of rotatable bonds is 0. The molecule has 0 unspecified atom stereocenters. The SMILES string of the molecule is CC(=O)O.O=O. The minimum Gasteiger partial charge on any atom is -0.481 e. The molecule has 0 saturated carbocycles. The van der Waals surface area contributed by atoms with Gasteiger partial charge >= 0.3 is 0 Å². The van der Waals surface area contributed by atoms with Crippen molar-refractivity contribution in [3.05, 3.63) is 9.93 Å². The molecule has 4 heteroatoms. The van der Waals surface area contributed by atoms with E-state index in [0.717, 1.165) is 6.92 Å². The number of hydrogen-bond acceptors (Lipinski definition) is 3. The molecule has 0 aliphatic carbocycles. The van der Waals surface area contributed by atoms with Crippen LogP contribution in [0.15, 0.2) is 0 Å². The molecule has 0 atom stereocenters. The summed E-state index contributed by atoms with van der Waals surface area (Å²) in [6.07, 6.45) is 0. The largest absolute Gasteiger partial charge is 0.481 e. The molecule has 0 aromatic rings. The van der Waals surface area contributed by atoms with Crippen LogP contribution >= 0.6 is 0 Å². The molecule has 0 aliphatic heterocycles. The molecule has 4 nitrogen and oxygen atoms in total. The Morgan fingerprint density at radius 3 is 1.50 bits per heavy atom. The first-order valence-corrected chi connectivity index (χ1v) is 1.09. The minimum absolute atomic E-state index is 0.833. The summed E-state index contributed by atoms with van der Waals surface area (Å²) < 4.78 is 0. The maximum Gasteiger partial charge on any atom is 0.300 e. The van der Waals surface area contributed by atoms with Crippen molar-refractivity contribution in [2.45, 2.75) is 6.92 Å². The summed E-state index contributed by atoms with van der Waals surface area (Å²) in [7, 11) is 0. The van der Waals surface area contributed by atoms with E-state index in [0.29, 0.717) is 0 Å². The number of carboxylic acids is 1. The Balaban J connectivity index is 0. The summed E-state index contributed by atoms with van der Waals surface area (Å²) in [6.45, 7) is 1.08. The molecule has 36 valence electrons. The Labute approximate surface area is 34.0 Å². The lowest BCUT2D eigenvalue weighted by atomic mass is 10.9. The second kappa shape index (κ2) is 8.95. The lowest BCUT2D eigenvalue weighted by molar-refractivity contribution is -0.134. The fourth-order valence-corrected chi connectivity index (χ4v) is 0. The third-order valence-corrected chi connectivity index (χ3v) is 0. The lowest BCUT2D eigenvalue weighted by Crippen LogP contribution is -1.78. The summed E-state index contributed by atoms with van der Waals surface area (Å²) in [5, 5.41) is 7.42. The smallest absolute Gasteiger partial charge is 0.300 e. The van der Waals surface area contributed by atoms with Crippen molar-refractivity contribution in [2.75, 3.05) is 0 Å². The van der Waals surface area contributed by atoms with E-state index in [1.165, 1.54) is 0 Å². The Bertz CT molecular complexity index is 36.8. The fourth-order valence-electron chi connectivity index (χ4n) is 0. The third-order valence-electron chi connectivity index (χ3n) is 0. The normalized spacial score (nSPS) is 4.83.